The molecule has 90 valence electrons. The van der Waals surface area contributed by atoms with Crippen LogP contribution in [0.4, 0.5) is 0 Å². The Kier molecular flexibility index (Phi) is 5.35. The van der Waals surface area contributed by atoms with Gasteiger partial charge in [0.2, 0.25) is 5.75 Å². The average molecular weight is 372 g/mol. The maximum atomic E-state index is 5.33. The van der Waals surface area contributed by atoms with Gasteiger partial charge >= 0.3 is 0 Å². The van der Waals surface area contributed by atoms with Crippen LogP contribution in [0.1, 0.15) is 11.1 Å². The van der Waals surface area contributed by atoms with Crippen LogP contribution in [0, 0.1) is 6.92 Å². The van der Waals surface area contributed by atoms with Gasteiger partial charge < -0.3 is 14.0 Å². The Labute approximate surface area is 114 Å². The molecule has 0 aliphatic rings. The summed E-state index contributed by atoms with van der Waals surface area (Å²) in [5.41, 5.74) is 1.98. The Morgan fingerprint density at radius 2 is 1.69 bits per heavy atom. The lowest BCUT2D eigenvalue weighted by Gasteiger charge is -2.18. The van der Waals surface area contributed by atoms with E-state index in [1.807, 2.05) is 6.92 Å². The van der Waals surface area contributed by atoms with Crippen LogP contribution in [0.3, 0.4) is 0 Å². The highest BCUT2D eigenvalue weighted by Crippen LogP contribution is 2.48. The lowest BCUT2D eigenvalue weighted by Crippen LogP contribution is -1.99. The first kappa shape index (κ1) is 14.1. The maximum absolute atomic E-state index is 5.33. The van der Waals surface area contributed by atoms with Crippen molar-refractivity contribution in [3.8, 4) is 17.2 Å². The number of hydrogen-bond acceptors (Lipinski definition) is 3. The van der Waals surface area contributed by atoms with E-state index in [4.69, 9.17) is 14.0 Å². The number of hydrogen-bond donors (Lipinski definition) is 0. The van der Waals surface area contributed by atoms with Crippen LogP contribution in [0.15, 0.2) is 4.47 Å². The van der Waals surface area contributed by atoms with Crippen molar-refractivity contribution >= 4 is 41.3 Å². The van der Waals surface area contributed by atoms with Crippen molar-refractivity contribution in [2.75, 3.05) is 14.2 Å². The van der Waals surface area contributed by atoms with E-state index in [9.17, 15) is 0 Å². The van der Waals surface area contributed by atoms with Crippen LogP contribution >= 0.6 is 41.3 Å². The van der Waals surface area contributed by atoms with E-state index in [-0.39, 0.29) is 0 Å². The topological polar surface area (TPSA) is 27.7 Å². The molecule has 0 N–H and O–H groups in total. The van der Waals surface area contributed by atoms with E-state index in [0.717, 1.165) is 15.6 Å². The number of methoxy groups -OCH3 is 2. The molecule has 6 heteroatoms. The maximum Gasteiger partial charge on any atom is 0.204 e. The van der Waals surface area contributed by atoms with Crippen molar-refractivity contribution in [3.63, 3.8) is 0 Å². The van der Waals surface area contributed by atoms with E-state index in [0.29, 0.717) is 22.6 Å². The molecule has 0 amide bonds. The van der Waals surface area contributed by atoms with Gasteiger partial charge in [0.1, 0.15) is 0 Å². The third-order valence-electron chi connectivity index (χ3n) is 2.28. The highest BCUT2D eigenvalue weighted by molar-refractivity contribution is 9.10. The predicted octanol–water partition coefficient (Wildman–Crippen LogP) is 3.84. The van der Waals surface area contributed by atoms with Crippen molar-refractivity contribution in [2.45, 2.75) is 12.3 Å². The average Bonchev–Trinajstić information content (AvgIpc) is 2.31. The summed E-state index contributed by atoms with van der Waals surface area (Å²) in [5.74, 6) is 1.93. The van der Waals surface area contributed by atoms with Gasteiger partial charge in [0.15, 0.2) is 11.5 Å². The molecular formula is C10H13Br2O3P. The summed E-state index contributed by atoms with van der Waals surface area (Å²) >= 11 is 6.96. The molecule has 1 atom stereocenters. The fourth-order valence-corrected chi connectivity index (χ4v) is 3.17. The lowest BCUT2D eigenvalue weighted by atomic mass is 10.1. The molecule has 3 nitrogen and oxygen atoms in total. The van der Waals surface area contributed by atoms with Crippen LogP contribution in [0.2, 0.25) is 0 Å². The van der Waals surface area contributed by atoms with Gasteiger partial charge in [-0.25, -0.2) is 0 Å². The first-order chi connectivity index (χ1) is 7.62. The molecule has 0 saturated heterocycles. The minimum atomic E-state index is 0.604. The summed E-state index contributed by atoms with van der Waals surface area (Å²) in [7, 11) is 5.43. The SMILES string of the molecule is COc1c(C)c(Br)c(CBr)c(OP)c1OC. The quantitative estimate of drug-likeness (QED) is 0.594. The van der Waals surface area contributed by atoms with Crippen molar-refractivity contribution in [1.82, 2.24) is 0 Å². The van der Waals surface area contributed by atoms with Gasteiger partial charge in [-0.05, 0) is 22.9 Å². The molecule has 1 aromatic carbocycles. The molecule has 0 fully saturated rings. The number of ether oxygens (including phenoxy) is 2. The molecule has 1 rings (SSSR count). The minimum Gasteiger partial charge on any atom is -0.492 e. The summed E-state index contributed by atoms with van der Waals surface area (Å²) in [6, 6.07) is 0. The van der Waals surface area contributed by atoms with Gasteiger partial charge in [-0.15, -0.1) is 0 Å². The van der Waals surface area contributed by atoms with E-state index < -0.39 is 0 Å². The van der Waals surface area contributed by atoms with Crippen molar-refractivity contribution in [1.29, 1.82) is 0 Å². The number of halogens is 2. The smallest absolute Gasteiger partial charge is 0.204 e. The Balaban J connectivity index is 3.61. The minimum absolute atomic E-state index is 0.604. The number of rotatable bonds is 4. The molecular weight excluding hydrogens is 359 g/mol. The highest BCUT2D eigenvalue weighted by atomic mass is 79.9. The standard InChI is InChI=1S/C10H13Br2O3P/c1-5-7(12)6(4-11)9(15-16)10(14-3)8(5)13-2/h4,16H2,1-3H3. The highest BCUT2D eigenvalue weighted by Gasteiger charge is 2.22. The third kappa shape index (κ3) is 2.31. The zero-order valence-corrected chi connectivity index (χ0v) is 13.6. The normalized spacial score (nSPS) is 10.1. The molecule has 1 aromatic rings. The van der Waals surface area contributed by atoms with Crippen LogP contribution in [-0.2, 0) is 5.33 Å². The Bertz CT molecular complexity index is 359. The summed E-state index contributed by atoms with van der Waals surface area (Å²) in [6.07, 6.45) is 0. The van der Waals surface area contributed by atoms with Crippen LogP contribution in [0.5, 0.6) is 17.2 Å². The van der Waals surface area contributed by atoms with Crippen molar-refractivity contribution < 1.29 is 14.0 Å². The van der Waals surface area contributed by atoms with E-state index in [1.54, 1.807) is 14.2 Å². The second kappa shape index (κ2) is 6.08. The molecule has 0 saturated carbocycles. The molecule has 0 bridgehead atoms. The number of benzene rings is 1. The molecule has 0 aromatic heterocycles. The van der Waals surface area contributed by atoms with E-state index in [1.165, 1.54) is 0 Å². The largest absolute Gasteiger partial charge is 0.492 e. The Morgan fingerprint density at radius 3 is 2.06 bits per heavy atom. The second-order valence-electron chi connectivity index (χ2n) is 3.06. The van der Waals surface area contributed by atoms with Crippen molar-refractivity contribution in [2.24, 2.45) is 0 Å². The lowest BCUT2D eigenvalue weighted by molar-refractivity contribution is 0.343. The summed E-state index contributed by atoms with van der Waals surface area (Å²) in [4.78, 5) is 0. The number of alkyl halides is 1. The molecule has 0 spiro atoms. The predicted molar refractivity (Wildman–Crippen MR) is 75.0 cm³/mol. The monoisotopic (exact) mass is 370 g/mol. The van der Waals surface area contributed by atoms with Gasteiger partial charge in [-0.2, -0.15) is 0 Å². The van der Waals surface area contributed by atoms with Crippen LogP contribution in [0.25, 0.3) is 0 Å². The van der Waals surface area contributed by atoms with Gasteiger partial charge in [-0.3, -0.25) is 0 Å². The summed E-state index contributed by atoms with van der Waals surface area (Å²) < 4.78 is 16.9. The first-order valence-corrected chi connectivity index (χ1v) is 6.86. The zero-order valence-electron chi connectivity index (χ0n) is 9.27. The van der Waals surface area contributed by atoms with Gasteiger partial charge in [-0.1, -0.05) is 15.9 Å². The van der Waals surface area contributed by atoms with E-state index >= 15 is 0 Å². The van der Waals surface area contributed by atoms with Gasteiger partial charge in [0.05, 0.1) is 23.7 Å². The Morgan fingerprint density at radius 1 is 1.12 bits per heavy atom. The summed E-state index contributed by atoms with van der Waals surface area (Å²) in [5, 5.41) is 0.665. The van der Waals surface area contributed by atoms with Gasteiger partial charge in [0.25, 0.3) is 0 Å². The van der Waals surface area contributed by atoms with Crippen LogP contribution < -0.4 is 14.0 Å². The molecule has 0 aliphatic carbocycles. The second-order valence-corrected chi connectivity index (χ2v) is 4.65. The fraction of sp³-hybridized carbons (Fsp3) is 0.400. The molecule has 16 heavy (non-hydrogen) atoms. The molecule has 0 radical (unpaired) electrons. The molecule has 0 aliphatic heterocycles. The molecule has 1 unspecified atom stereocenters. The fourth-order valence-electron chi connectivity index (χ4n) is 1.51. The summed E-state index contributed by atoms with van der Waals surface area (Å²) in [6.45, 7) is 1.96. The zero-order chi connectivity index (χ0) is 12.3. The first-order valence-electron chi connectivity index (χ1n) is 4.47. The van der Waals surface area contributed by atoms with Gasteiger partial charge in [0, 0.05) is 20.9 Å². The Hall–Kier alpha value is 0.01000. The van der Waals surface area contributed by atoms with Crippen molar-refractivity contribution in [3.05, 3.63) is 15.6 Å². The third-order valence-corrected chi connectivity index (χ3v) is 4.15. The van der Waals surface area contributed by atoms with E-state index in [2.05, 4.69) is 41.3 Å². The van der Waals surface area contributed by atoms with Crippen LogP contribution in [-0.4, -0.2) is 14.2 Å². The molecule has 0 heterocycles.